The molecule has 0 saturated heterocycles. The Morgan fingerprint density at radius 2 is 1.54 bits per heavy atom. The lowest BCUT2D eigenvalue weighted by atomic mass is 9.99. The fourth-order valence-electron chi connectivity index (χ4n) is 4.51. The summed E-state index contributed by atoms with van der Waals surface area (Å²) < 4.78 is 5.29. The number of amides is 3. The summed E-state index contributed by atoms with van der Waals surface area (Å²) in [5.41, 5.74) is 2.97. The fourth-order valence-corrected chi connectivity index (χ4v) is 4.51. The van der Waals surface area contributed by atoms with Gasteiger partial charge in [-0.2, -0.15) is 0 Å². The van der Waals surface area contributed by atoms with Crippen LogP contribution < -0.4 is 15.5 Å². The number of benzene rings is 3. The van der Waals surface area contributed by atoms with E-state index in [4.69, 9.17) is 4.74 Å². The van der Waals surface area contributed by atoms with E-state index in [0.29, 0.717) is 19.4 Å². The minimum Gasteiger partial charge on any atom is -0.445 e. The highest BCUT2D eigenvalue weighted by molar-refractivity contribution is 6.00. The summed E-state index contributed by atoms with van der Waals surface area (Å²) in [6.07, 6.45) is 0.575. The molecule has 0 bridgehead atoms. The van der Waals surface area contributed by atoms with Crippen molar-refractivity contribution in [3.05, 3.63) is 102 Å². The van der Waals surface area contributed by atoms with E-state index in [9.17, 15) is 14.4 Å². The van der Waals surface area contributed by atoms with Gasteiger partial charge >= 0.3 is 6.09 Å². The maximum Gasteiger partial charge on any atom is 0.407 e. The van der Waals surface area contributed by atoms with Crippen LogP contribution in [0.4, 0.5) is 10.5 Å². The number of fused-ring (bicyclic) bond motifs is 1. The molecule has 37 heavy (non-hydrogen) atoms. The highest BCUT2D eigenvalue weighted by Gasteiger charge is 2.33. The van der Waals surface area contributed by atoms with Gasteiger partial charge in [-0.3, -0.25) is 9.59 Å². The summed E-state index contributed by atoms with van der Waals surface area (Å²) >= 11 is 0. The first-order valence-corrected chi connectivity index (χ1v) is 12.5. The maximum absolute atomic E-state index is 13.6. The summed E-state index contributed by atoms with van der Waals surface area (Å²) in [4.78, 5) is 40.7. The minimum absolute atomic E-state index is 0.00283. The third kappa shape index (κ3) is 7.19. The van der Waals surface area contributed by atoms with Gasteiger partial charge in [0.15, 0.2) is 0 Å². The number of alkyl carbamates (subject to hydrolysis) is 1. The Morgan fingerprint density at radius 1 is 0.919 bits per heavy atom. The van der Waals surface area contributed by atoms with Crippen LogP contribution in [0.2, 0.25) is 0 Å². The number of carbonyl (C=O) groups excluding carboxylic acids is 3. The molecule has 7 heteroatoms. The number of aryl methyl sites for hydroxylation is 1. The molecule has 1 aliphatic rings. The van der Waals surface area contributed by atoms with Gasteiger partial charge in [-0.15, -0.1) is 0 Å². The zero-order valence-corrected chi connectivity index (χ0v) is 21.3. The minimum atomic E-state index is -0.863. The number of nitrogens with one attached hydrogen (secondary N) is 2. The highest BCUT2D eigenvalue weighted by atomic mass is 16.5. The molecule has 0 fully saturated rings. The summed E-state index contributed by atoms with van der Waals surface area (Å²) in [6, 6.07) is 26.4. The largest absolute Gasteiger partial charge is 0.445 e. The molecule has 0 radical (unpaired) electrons. The molecule has 0 aliphatic carbocycles. The van der Waals surface area contributed by atoms with E-state index in [1.165, 1.54) is 0 Å². The molecule has 4 rings (SSSR count). The number of anilines is 1. The molecular weight excluding hydrogens is 466 g/mol. The molecule has 192 valence electrons. The van der Waals surface area contributed by atoms with Gasteiger partial charge < -0.3 is 20.3 Å². The smallest absolute Gasteiger partial charge is 0.407 e. The molecule has 1 atom stereocenters. The number of hydrogen-bond donors (Lipinski definition) is 2. The zero-order chi connectivity index (χ0) is 26.3. The van der Waals surface area contributed by atoms with Crippen LogP contribution in [0.15, 0.2) is 84.9 Å². The first-order chi connectivity index (χ1) is 17.8. The molecular formula is C30H33N3O4. The van der Waals surface area contributed by atoms with E-state index < -0.39 is 17.7 Å². The molecule has 2 N–H and O–H groups in total. The summed E-state index contributed by atoms with van der Waals surface area (Å²) in [5.74, 6) is -0.451. The Balaban J connectivity index is 1.38. The summed E-state index contributed by atoms with van der Waals surface area (Å²) in [6.45, 7) is 4.07. The van der Waals surface area contributed by atoms with Gasteiger partial charge in [0.05, 0.1) is 6.54 Å². The van der Waals surface area contributed by atoms with E-state index >= 15 is 0 Å². The molecule has 0 saturated carbocycles. The van der Waals surface area contributed by atoms with Gasteiger partial charge in [0.25, 0.3) is 0 Å². The normalized spacial score (nSPS) is 15.4. The van der Waals surface area contributed by atoms with Gasteiger partial charge in [-0.05, 0) is 49.4 Å². The number of nitrogens with zero attached hydrogens (tertiary/aromatic N) is 1. The lowest BCUT2D eigenvalue weighted by Crippen LogP contribution is -2.51. The maximum atomic E-state index is 13.6. The van der Waals surface area contributed by atoms with Crippen molar-refractivity contribution in [3.8, 4) is 0 Å². The number of hydrogen-bond acceptors (Lipinski definition) is 4. The lowest BCUT2D eigenvalue weighted by molar-refractivity contribution is -0.128. The standard InChI is InChI=1S/C30H33N3O4/c1-30(2,32-29(36)37-21-23-13-7-4-8-14-23)19-27(34)31-25-18-17-24-15-9-10-16-26(24)33(28(25)35)20-22-11-5-3-6-12-22/h3-16,25H,17-21H2,1-2H3,(H,31,34)(H,32,36)/t25-/m1/s1. The molecule has 3 aromatic carbocycles. The van der Waals surface area contributed by atoms with E-state index in [-0.39, 0.29) is 24.8 Å². The van der Waals surface area contributed by atoms with Crippen LogP contribution in [0, 0.1) is 0 Å². The van der Waals surface area contributed by atoms with E-state index in [1.807, 2.05) is 84.9 Å². The Bertz CT molecular complexity index is 1230. The van der Waals surface area contributed by atoms with Gasteiger partial charge in [-0.25, -0.2) is 4.79 Å². The van der Waals surface area contributed by atoms with Crippen molar-refractivity contribution < 1.29 is 19.1 Å². The van der Waals surface area contributed by atoms with Crippen LogP contribution >= 0.6 is 0 Å². The van der Waals surface area contributed by atoms with Crippen LogP contribution in [0.3, 0.4) is 0 Å². The van der Waals surface area contributed by atoms with Gasteiger partial charge in [0.1, 0.15) is 12.6 Å². The lowest BCUT2D eigenvalue weighted by Gasteiger charge is -2.28. The van der Waals surface area contributed by atoms with Gasteiger partial charge in [0.2, 0.25) is 11.8 Å². The summed E-state index contributed by atoms with van der Waals surface area (Å²) in [7, 11) is 0. The summed E-state index contributed by atoms with van der Waals surface area (Å²) in [5, 5.41) is 5.68. The van der Waals surface area contributed by atoms with E-state index in [0.717, 1.165) is 22.4 Å². The van der Waals surface area contributed by atoms with Crippen molar-refractivity contribution in [3.63, 3.8) is 0 Å². The highest BCUT2D eigenvalue weighted by Crippen LogP contribution is 2.28. The zero-order valence-electron chi connectivity index (χ0n) is 21.3. The molecule has 3 amide bonds. The number of carbonyl (C=O) groups is 3. The van der Waals surface area contributed by atoms with Crippen LogP contribution in [-0.4, -0.2) is 29.5 Å². The molecule has 0 spiro atoms. The predicted octanol–water partition coefficient (Wildman–Crippen LogP) is 4.75. The third-order valence-electron chi connectivity index (χ3n) is 6.32. The van der Waals surface area contributed by atoms with Crippen molar-refractivity contribution in [2.45, 2.75) is 57.8 Å². The van der Waals surface area contributed by atoms with Crippen LogP contribution in [0.5, 0.6) is 0 Å². The average Bonchev–Trinajstić information content (AvgIpc) is 3.00. The van der Waals surface area contributed by atoms with Crippen LogP contribution in [0.1, 0.15) is 43.4 Å². The topological polar surface area (TPSA) is 87.7 Å². The van der Waals surface area contributed by atoms with Crippen molar-refractivity contribution in [2.75, 3.05) is 4.90 Å². The average molecular weight is 500 g/mol. The first kappa shape index (κ1) is 25.9. The van der Waals surface area contributed by atoms with Gasteiger partial charge in [-0.1, -0.05) is 78.9 Å². The van der Waals surface area contributed by atoms with E-state index in [2.05, 4.69) is 10.6 Å². The van der Waals surface area contributed by atoms with Crippen molar-refractivity contribution in [1.29, 1.82) is 0 Å². The Morgan fingerprint density at radius 3 is 2.24 bits per heavy atom. The second-order valence-corrected chi connectivity index (χ2v) is 9.94. The number of ether oxygens (including phenoxy) is 1. The van der Waals surface area contributed by atoms with E-state index in [1.54, 1.807) is 18.7 Å². The molecule has 1 aliphatic heterocycles. The third-order valence-corrected chi connectivity index (χ3v) is 6.32. The number of rotatable bonds is 8. The molecule has 1 heterocycles. The van der Waals surface area contributed by atoms with Crippen molar-refractivity contribution in [1.82, 2.24) is 10.6 Å². The monoisotopic (exact) mass is 499 g/mol. The molecule has 0 aromatic heterocycles. The second-order valence-electron chi connectivity index (χ2n) is 9.94. The Kier molecular flexibility index (Phi) is 8.23. The quantitative estimate of drug-likeness (QED) is 0.468. The molecule has 7 nitrogen and oxygen atoms in total. The molecule has 0 unspecified atom stereocenters. The number of para-hydroxylation sites is 1. The van der Waals surface area contributed by atoms with Crippen molar-refractivity contribution in [2.24, 2.45) is 0 Å². The van der Waals surface area contributed by atoms with Gasteiger partial charge in [0, 0.05) is 17.6 Å². The predicted molar refractivity (Wildman–Crippen MR) is 143 cm³/mol. The fraction of sp³-hybridized carbons (Fsp3) is 0.300. The van der Waals surface area contributed by atoms with Crippen LogP contribution in [-0.2, 0) is 33.9 Å². The SMILES string of the molecule is CC(C)(CC(=O)N[C@@H]1CCc2ccccc2N(Cc2ccccc2)C1=O)NC(=O)OCc1ccccc1. The molecule has 3 aromatic rings. The second kappa shape index (κ2) is 11.7. The Hall–Kier alpha value is -4.13. The Labute approximate surface area is 217 Å². The van der Waals surface area contributed by atoms with Crippen LogP contribution in [0.25, 0.3) is 0 Å². The van der Waals surface area contributed by atoms with Crippen molar-refractivity contribution >= 4 is 23.6 Å². The first-order valence-electron chi connectivity index (χ1n) is 12.5.